The second kappa shape index (κ2) is 11.1. The molecule has 0 bridgehead atoms. The Morgan fingerprint density at radius 1 is 1.33 bits per heavy atom. The number of terminal acetylenes is 1. The van der Waals surface area contributed by atoms with Gasteiger partial charge in [-0.2, -0.15) is 5.10 Å². The lowest BCUT2D eigenvalue weighted by atomic mass is 10.0. The number of hydrogen-bond acceptors (Lipinski definition) is 6. The highest BCUT2D eigenvalue weighted by Crippen LogP contribution is 2.40. The van der Waals surface area contributed by atoms with Gasteiger partial charge in [0, 0.05) is 47.8 Å². The number of hydrogen-bond donors (Lipinski definition) is 1. The van der Waals surface area contributed by atoms with Crippen LogP contribution in [0.25, 0.3) is 22.4 Å². The molecule has 0 fully saturated rings. The summed E-state index contributed by atoms with van der Waals surface area (Å²) in [7, 11) is 0. The summed E-state index contributed by atoms with van der Waals surface area (Å²) >= 11 is 1.42. The SMILES string of the molecule is C#C.CCCn1cc(-c2ccc3c(c2)-c2nc(C(=O)N(CCO)C(C)C)sc2CCO3)cn1. The zero-order chi connectivity index (χ0) is 24.0. The molecular weight excluding hydrogens is 436 g/mol. The summed E-state index contributed by atoms with van der Waals surface area (Å²) < 4.78 is 7.91. The number of thiazole rings is 1. The van der Waals surface area contributed by atoms with Crippen LogP contribution in [-0.4, -0.2) is 56.5 Å². The van der Waals surface area contributed by atoms with E-state index in [2.05, 4.69) is 37.1 Å². The van der Waals surface area contributed by atoms with Crippen LogP contribution < -0.4 is 4.74 Å². The van der Waals surface area contributed by atoms with Crippen molar-refractivity contribution in [1.82, 2.24) is 19.7 Å². The van der Waals surface area contributed by atoms with Crippen molar-refractivity contribution < 1.29 is 14.6 Å². The molecule has 1 aliphatic heterocycles. The number of nitrogens with zero attached hydrogens (tertiary/aromatic N) is 4. The van der Waals surface area contributed by atoms with Crippen molar-refractivity contribution in [3.63, 3.8) is 0 Å². The Labute approximate surface area is 199 Å². The first-order valence-corrected chi connectivity index (χ1v) is 11.9. The maximum Gasteiger partial charge on any atom is 0.283 e. The number of fused-ring (bicyclic) bond motifs is 3. The van der Waals surface area contributed by atoms with Crippen molar-refractivity contribution in [3.8, 4) is 41.0 Å². The van der Waals surface area contributed by atoms with Crippen molar-refractivity contribution in [2.24, 2.45) is 0 Å². The van der Waals surface area contributed by atoms with Gasteiger partial charge in [-0.15, -0.1) is 24.2 Å². The van der Waals surface area contributed by atoms with E-state index in [0.29, 0.717) is 24.6 Å². The fraction of sp³-hybridized carbons (Fsp3) is 0.400. The normalized spacial score (nSPS) is 12.1. The first-order valence-electron chi connectivity index (χ1n) is 11.1. The van der Waals surface area contributed by atoms with Crippen LogP contribution in [-0.2, 0) is 13.0 Å². The molecule has 7 nitrogen and oxygen atoms in total. The number of carbonyl (C=O) groups excluding carboxylic acids is 1. The highest BCUT2D eigenvalue weighted by atomic mass is 32.1. The fourth-order valence-corrected chi connectivity index (χ4v) is 4.80. The summed E-state index contributed by atoms with van der Waals surface area (Å²) in [6, 6.07) is 6.08. The topological polar surface area (TPSA) is 80.5 Å². The molecule has 1 aromatic carbocycles. The zero-order valence-electron chi connectivity index (χ0n) is 19.3. The van der Waals surface area contributed by atoms with Crippen LogP contribution in [0.2, 0.25) is 0 Å². The molecule has 1 amide bonds. The number of ether oxygens (including phenoxy) is 1. The minimum Gasteiger partial charge on any atom is -0.493 e. The summed E-state index contributed by atoms with van der Waals surface area (Å²) in [5.41, 5.74) is 3.81. The predicted octanol–water partition coefficient (Wildman–Crippen LogP) is 4.11. The fourth-order valence-electron chi connectivity index (χ4n) is 3.79. The van der Waals surface area contributed by atoms with Gasteiger partial charge >= 0.3 is 0 Å². The van der Waals surface area contributed by atoms with Crippen LogP contribution in [0.4, 0.5) is 0 Å². The molecule has 0 atom stereocenters. The third kappa shape index (κ3) is 5.27. The monoisotopic (exact) mass is 466 g/mol. The Hall–Kier alpha value is -3.15. The Kier molecular flexibility index (Phi) is 8.26. The van der Waals surface area contributed by atoms with E-state index in [4.69, 9.17) is 9.72 Å². The van der Waals surface area contributed by atoms with Crippen LogP contribution in [0, 0.1) is 12.8 Å². The lowest BCUT2D eigenvalue weighted by Gasteiger charge is -2.24. The second-order valence-electron chi connectivity index (χ2n) is 7.91. The summed E-state index contributed by atoms with van der Waals surface area (Å²) in [5, 5.41) is 14.2. The number of aliphatic hydroxyl groups is 1. The molecule has 0 aliphatic carbocycles. The zero-order valence-corrected chi connectivity index (χ0v) is 20.1. The molecule has 0 unspecified atom stereocenters. The number of benzene rings is 1. The quantitative estimate of drug-likeness (QED) is 0.530. The van der Waals surface area contributed by atoms with E-state index in [1.165, 1.54) is 11.3 Å². The Morgan fingerprint density at radius 3 is 2.82 bits per heavy atom. The van der Waals surface area contributed by atoms with Crippen molar-refractivity contribution in [1.29, 1.82) is 0 Å². The third-order valence-corrected chi connectivity index (χ3v) is 6.45. The van der Waals surface area contributed by atoms with Gasteiger partial charge in [0.25, 0.3) is 5.91 Å². The number of carbonyl (C=O) groups is 1. The average molecular weight is 467 g/mol. The van der Waals surface area contributed by atoms with Gasteiger partial charge in [0.15, 0.2) is 5.01 Å². The maximum atomic E-state index is 13.1. The highest BCUT2D eigenvalue weighted by Gasteiger charge is 2.27. The van der Waals surface area contributed by atoms with Gasteiger partial charge in [-0.3, -0.25) is 9.48 Å². The molecule has 2 aromatic heterocycles. The predicted molar refractivity (Wildman–Crippen MR) is 131 cm³/mol. The molecular formula is C25H30N4O3S. The second-order valence-corrected chi connectivity index (χ2v) is 8.99. The molecule has 174 valence electrons. The van der Waals surface area contributed by atoms with Gasteiger partial charge in [-0.25, -0.2) is 4.98 Å². The van der Waals surface area contributed by atoms with E-state index < -0.39 is 0 Å². The van der Waals surface area contributed by atoms with Gasteiger partial charge in [-0.05, 0) is 38.0 Å². The Bertz CT molecular complexity index is 1120. The molecule has 1 aliphatic rings. The van der Waals surface area contributed by atoms with Crippen LogP contribution >= 0.6 is 11.3 Å². The summed E-state index contributed by atoms with van der Waals surface area (Å²) in [6.45, 7) is 7.68. The number of aromatic nitrogens is 3. The lowest BCUT2D eigenvalue weighted by molar-refractivity contribution is 0.0665. The molecule has 0 spiro atoms. The smallest absolute Gasteiger partial charge is 0.283 e. The van der Waals surface area contributed by atoms with E-state index >= 15 is 0 Å². The molecule has 8 heteroatoms. The summed E-state index contributed by atoms with van der Waals surface area (Å²) in [6.07, 6.45) is 13.7. The van der Waals surface area contributed by atoms with Crippen LogP contribution in [0.15, 0.2) is 30.6 Å². The first kappa shape index (κ1) is 24.5. The van der Waals surface area contributed by atoms with E-state index in [1.807, 2.05) is 36.9 Å². The third-order valence-electron chi connectivity index (χ3n) is 5.35. The Morgan fingerprint density at radius 2 is 2.12 bits per heavy atom. The Balaban J connectivity index is 0.00000149. The average Bonchev–Trinajstić information content (AvgIpc) is 3.43. The van der Waals surface area contributed by atoms with Crippen LogP contribution in [0.3, 0.4) is 0 Å². The number of amides is 1. The molecule has 0 saturated heterocycles. The maximum absolute atomic E-state index is 13.1. The van der Waals surface area contributed by atoms with Gasteiger partial charge < -0.3 is 14.7 Å². The van der Waals surface area contributed by atoms with Crippen molar-refractivity contribution in [2.75, 3.05) is 19.8 Å². The number of aliphatic hydroxyl groups excluding tert-OH is 1. The molecule has 1 N–H and O–H groups in total. The largest absolute Gasteiger partial charge is 0.493 e. The van der Waals surface area contributed by atoms with Crippen molar-refractivity contribution in [2.45, 2.75) is 46.2 Å². The van der Waals surface area contributed by atoms with Crippen molar-refractivity contribution >= 4 is 17.2 Å². The molecule has 3 heterocycles. The molecule has 0 saturated carbocycles. The van der Waals surface area contributed by atoms with Gasteiger partial charge in [0.05, 0.1) is 25.1 Å². The standard InChI is InChI=1S/C23H28N4O3S.C2H2/c1-4-8-26-14-17(13-24-26)16-5-6-19-18(12-16)21-20(7-11-30-19)31-22(25-21)23(29)27(9-10-28)15(2)3;1-2/h5-6,12-15,28H,4,7-11H2,1-3H3;1-2H. The minimum atomic E-state index is -0.137. The summed E-state index contributed by atoms with van der Waals surface area (Å²) in [5.74, 6) is 0.644. The highest BCUT2D eigenvalue weighted by molar-refractivity contribution is 7.14. The van der Waals surface area contributed by atoms with E-state index in [0.717, 1.165) is 46.0 Å². The van der Waals surface area contributed by atoms with E-state index in [9.17, 15) is 9.90 Å². The summed E-state index contributed by atoms with van der Waals surface area (Å²) in [4.78, 5) is 20.5. The van der Waals surface area contributed by atoms with E-state index in [1.54, 1.807) is 4.90 Å². The molecule has 4 rings (SSSR count). The van der Waals surface area contributed by atoms with Crippen molar-refractivity contribution in [3.05, 3.63) is 40.5 Å². The first-order chi connectivity index (χ1) is 16.0. The number of rotatable bonds is 7. The van der Waals surface area contributed by atoms with Gasteiger partial charge in [-0.1, -0.05) is 13.0 Å². The van der Waals surface area contributed by atoms with Crippen LogP contribution in [0.5, 0.6) is 5.75 Å². The van der Waals surface area contributed by atoms with Gasteiger partial charge in [0.1, 0.15) is 5.75 Å². The molecule has 0 radical (unpaired) electrons. The number of aryl methyl sites for hydroxylation is 1. The van der Waals surface area contributed by atoms with Crippen LogP contribution in [0.1, 0.15) is 41.9 Å². The molecule has 33 heavy (non-hydrogen) atoms. The molecule has 3 aromatic rings. The lowest BCUT2D eigenvalue weighted by Crippen LogP contribution is -2.38. The van der Waals surface area contributed by atoms with Gasteiger partial charge in [0.2, 0.25) is 0 Å². The minimum absolute atomic E-state index is 0.00904. The van der Waals surface area contributed by atoms with E-state index in [-0.39, 0.29) is 18.6 Å².